The summed E-state index contributed by atoms with van der Waals surface area (Å²) in [6, 6.07) is 9.42. The largest absolute Gasteiger partial charge is 0.360 e. The summed E-state index contributed by atoms with van der Waals surface area (Å²) in [5.41, 5.74) is 2.25. The molecule has 0 bridgehead atoms. The number of benzene rings is 1. The topological polar surface area (TPSA) is 68.0 Å². The van der Waals surface area contributed by atoms with Crippen molar-refractivity contribution in [2.75, 3.05) is 0 Å². The fourth-order valence-corrected chi connectivity index (χ4v) is 2.22. The van der Waals surface area contributed by atoms with Gasteiger partial charge in [-0.2, -0.15) is 0 Å². The second-order valence-corrected chi connectivity index (χ2v) is 5.01. The van der Waals surface area contributed by atoms with Crippen LogP contribution in [0.1, 0.15) is 21.7 Å². The molecule has 2 aromatic heterocycles. The quantitative estimate of drug-likeness (QED) is 0.804. The van der Waals surface area contributed by atoms with Gasteiger partial charge in [0.2, 0.25) is 0 Å². The molecule has 1 aromatic carbocycles. The zero-order valence-corrected chi connectivity index (χ0v) is 12.4. The molecule has 23 heavy (non-hydrogen) atoms. The van der Waals surface area contributed by atoms with Gasteiger partial charge in [0.1, 0.15) is 22.8 Å². The molecule has 0 saturated carbocycles. The highest BCUT2D eigenvalue weighted by Crippen LogP contribution is 2.25. The van der Waals surface area contributed by atoms with Gasteiger partial charge in [-0.3, -0.25) is 9.78 Å². The molecule has 0 spiro atoms. The van der Waals surface area contributed by atoms with Crippen molar-refractivity contribution < 1.29 is 13.7 Å². The van der Waals surface area contributed by atoms with Gasteiger partial charge in [0.25, 0.3) is 5.91 Å². The molecule has 0 aliphatic carbocycles. The van der Waals surface area contributed by atoms with E-state index in [1.165, 1.54) is 12.1 Å². The second kappa shape index (κ2) is 6.39. The molecule has 0 aliphatic heterocycles. The monoisotopic (exact) mass is 311 g/mol. The molecule has 0 aliphatic rings. The van der Waals surface area contributed by atoms with Gasteiger partial charge in [0.15, 0.2) is 0 Å². The van der Waals surface area contributed by atoms with Gasteiger partial charge in [-0.1, -0.05) is 11.2 Å². The Morgan fingerprint density at radius 2 is 2.04 bits per heavy atom. The molecule has 1 N–H and O–H groups in total. The van der Waals surface area contributed by atoms with Crippen LogP contribution in [-0.4, -0.2) is 16.0 Å². The van der Waals surface area contributed by atoms with E-state index in [1.54, 1.807) is 37.5 Å². The third kappa shape index (κ3) is 3.26. The van der Waals surface area contributed by atoms with Gasteiger partial charge in [-0.25, -0.2) is 4.39 Å². The summed E-state index contributed by atoms with van der Waals surface area (Å²) >= 11 is 0. The van der Waals surface area contributed by atoms with Crippen LogP contribution >= 0.6 is 0 Å². The zero-order chi connectivity index (χ0) is 16.2. The third-order valence-electron chi connectivity index (χ3n) is 3.38. The van der Waals surface area contributed by atoms with Gasteiger partial charge in [0.05, 0.1) is 0 Å². The summed E-state index contributed by atoms with van der Waals surface area (Å²) in [6.45, 7) is 2.01. The molecule has 5 nitrogen and oxygen atoms in total. The van der Waals surface area contributed by atoms with Crippen LogP contribution in [0, 0.1) is 12.7 Å². The maximum atomic E-state index is 13.0. The Bertz CT molecular complexity index is 814. The third-order valence-corrected chi connectivity index (χ3v) is 3.38. The van der Waals surface area contributed by atoms with Crippen molar-refractivity contribution in [1.82, 2.24) is 15.5 Å². The molecule has 3 aromatic rings. The Kier molecular flexibility index (Phi) is 4.14. The summed E-state index contributed by atoms with van der Waals surface area (Å²) in [6.07, 6.45) is 3.35. The summed E-state index contributed by atoms with van der Waals surface area (Å²) < 4.78 is 18.2. The van der Waals surface area contributed by atoms with Crippen molar-refractivity contribution in [3.8, 4) is 11.3 Å². The number of hydrogen-bond acceptors (Lipinski definition) is 4. The van der Waals surface area contributed by atoms with Crippen LogP contribution in [0.15, 0.2) is 53.3 Å². The van der Waals surface area contributed by atoms with E-state index in [0.717, 1.165) is 5.56 Å². The molecular weight excluding hydrogens is 297 g/mol. The smallest absolute Gasteiger partial charge is 0.257 e. The molecule has 0 atom stereocenters. The Morgan fingerprint density at radius 1 is 1.26 bits per heavy atom. The number of hydrogen-bond donors (Lipinski definition) is 1. The molecule has 0 saturated heterocycles. The number of carbonyl (C=O) groups is 1. The highest BCUT2D eigenvalue weighted by Gasteiger charge is 2.21. The molecule has 6 heteroatoms. The minimum absolute atomic E-state index is 0.299. The predicted octanol–water partition coefficient (Wildman–Crippen LogP) is 3.11. The van der Waals surface area contributed by atoms with Crippen molar-refractivity contribution in [1.29, 1.82) is 0 Å². The maximum Gasteiger partial charge on any atom is 0.257 e. The van der Waals surface area contributed by atoms with Crippen molar-refractivity contribution in [3.05, 3.63) is 71.5 Å². The van der Waals surface area contributed by atoms with Gasteiger partial charge in [0, 0.05) is 24.5 Å². The number of nitrogens with zero attached hydrogens (tertiary/aromatic N) is 2. The minimum atomic E-state index is -0.350. The average molecular weight is 311 g/mol. The van der Waals surface area contributed by atoms with Crippen LogP contribution in [0.5, 0.6) is 0 Å². The normalized spacial score (nSPS) is 10.5. The van der Waals surface area contributed by atoms with E-state index in [-0.39, 0.29) is 11.7 Å². The van der Waals surface area contributed by atoms with Crippen LogP contribution in [0.2, 0.25) is 0 Å². The highest BCUT2D eigenvalue weighted by molar-refractivity contribution is 6.00. The fourth-order valence-electron chi connectivity index (χ4n) is 2.22. The van der Waals surface area contributed by atoms with Gasteiger partial charge < -0.3 is 9.84 Å². The van der Waals surface area contributed by atoms with Gasteiger partial charge in [-0.15, -0.1) is 0 Å². The van der Waals surface area contributed by atoms with Crippen LogP contribution in [0.3, 0.4) is 0 Å². The first kappa shape index (κ1) is 14.9. The lowest BCUT2D eigenvalue weighted by molar-refractivity contribution is 0.0950. The SMILES string of the molecule is Cc1onc(-c2ccc(F)cc2)c1C(=O)NCc1cccnc1. The molecule has 0 unspecified atom stereocenters. The van der Waals surface area contributed by atoms with Crippen molar-refractivity contribution in [2.24, 2.45) is 0 Å². The van der Waals surface area contributed by atoms with Crippen molar-refractivity contribution in [3.63, 3.8) is 0 Å². The van der Waals surface area contributed by atoms with E-state index in [0.29, 0.717) is 29.1 Å². The summed E-state index contributed by atoms with van der Waals surface area (Å²) in [4.78, 5) is 16.5. The van der Waals surface area contributed by atoms with E-state index in [2.05, 4.69) is 15.5 Å². The van der Waals surface area contributed by atoms with Crippen LogP contribution < -0.4 is 5.32 Å². The van der Waals surface area contributed by atoms with E-state index < -0.39 is 0 Å². The van der Waals surface area contributed by atoms with Crippen molar-refractivity contribution in [2.45, 2.75) is 13.5 Å². The molecule has 1 amide bonds. The van der Waals surface area contributed by atoms with E-state index in [4.69, 9.17) is 4.52 Å². The predicted molar refractivity (Wildman–Crippen MR) is 82.0 cm³/mol. The van der Waals surface area contributed by atoms with Crippen molar-refractivity contribution >= 4 is 5.91 Å². The number of nitrogens with one attached hydrogen (secondary N) is 1. The molecule has 0 fully saturated rings. The second-order valence-electron chi connectivity index (χ2n) is 5.01. The number of pyridine rings is 1. The standard InChI is InChI=1S/C17H14FN3O2/c1-11-15(17(22)20-10-12-3-2-8-19-9-12)16(21-23-11)13-4-6-14(18)7-5-13/h2-9H,10H2,1H3,(H,20,22). The number of aryl methyl sites for hydroxylation is 1. The lowest BCUT2D eigenvalue weighted by Crippen LogP contribution is -2.23. The Balaban J connectivity index is 1.83. The average Bonchev–Trinajstić information content (AvgIpc) is 2.96. The fraction of sp³-hybridized carbons (Fsp3) is 0.118. The van der Waals surface area contributed by atoms with Crippen LogP contribution in [0.4, 0.5) is 4.39 Å². The first-order valence-electron chi connectivity index (χ1n) is 7.04. The van der Waals surface area contributed by atoms with E-state index in [1.807, 2.05) is 6.07 Å². The number of rotatable bonds is 4. The van der Waals surface area contributed by atoms with Gasteiger partial charge >= 0.3 is 0 Å². The maximum absolute atomic E-state index is 13.0. The Hall–Kier alpha value is -3.02. The summed E-state index contributed by atoms with van der Waals surface area (Å²) in [5, 5.41) is 6.73. The molecular formula is C17H14FN3O2. The first-order valence-corrected chi connectivity index (χ1v) is 7.04. The number of aromatic nitrogens is 2. The Labute approximate surface area is 132 Å². The first-order chi connectivity index (χ1) is 11.1. The number of carbonyl (C=O) groups excluding carboxylic acids is 1. The van der Waals surface area contributed by atoms with Gasteiger partial charge in [-0.05, 0) is 42.8 Å². The number of amides is 1. The van der Waals surface area contributed by atoms with Crippen LogP contribution in [-0.2, 0) is 6.54 Å². The van der Waals surface area contributed by atoms with E-state index in [9.17, 15) is 9.18 Å². The minimum Gasteiger partial charge on any atom is -0.360 e. The highest BCUT2D eigenvalue weighted by atomic mass is 19.1. The van der Waals surface area contributed by atoms with E-state index >= 15 is 0 Å². The lowest BCUT2D eigenvalue weighted by Gasteiger charge is -2.05. The summed E-state index contributed by atoms with van der Waals surface area (Å²) in [5.74, 6) is -0.239. The Morgan fingerprint density at radius 3 is 2.74 bits per heavy atom. The molecule has 2 heterocycles. The lowest BCUT2D eigenvalue weighted by atomic mass is 10.1. The number of halogens is 1. The molecule has 116 valence electrons. The zero-order valence-electron chi connectivity index (χ0n) is 12.4. The molecule has 0 radical (unpaired) electrons. The summed E-state index contributed by atoms with van der Waals surface area (Å²) in [7, 11) is 0. The van der Waals surface area contributed by atoms with Crippen LogP contribution in [0.25, 0.3) is 11.3 Å². The molecule has 3 rings (SSSR count).